The van der Waals surface area contributed by atoms with Crippen LogP contribution in [0.3, 0.4) is 0 Å². The lowest BCUT2D eigenvalue weighted by atomic mass is 10.4. The summed E-state index contributed by atoms with van der Waals surface area (Å²) < 4.78 is 24.3. The standard InChI is InChI=1S/C10H20N4O2S/c1-3-17(15,16)14(2)8-4-5-11-9-10-12-6-7-13-10/h6-7,11H,3-5,8-9H2,1-2H3,(H,12,13). The van der Waals surface area contributed by atoms with Gasteiger partial charge in [-0.05, 0) is 19.9 Å². The van der Waals surface area contributed by atoms with Gasteiger partial charge in [0, 0.05) is 26.0 Å². The molecule has 0 bridgehead atoms. The van der Waals surface area contributed by atoms with Crippen LogP contribution in [0.25, 0.3) is 0 Å². The summed E-state index contributed by atoms with van der Waals surface area (Å²) in [7, 11) is -1.43. The fourth-order valence-electron chi connectivity index (χ4n) is 1.39. The van der Waals surface area contributed by atoms with Gasteiger partial charge in [-0.15, -0.1) is 0 Å². The van der Waals surface area contributed by atoms with Crippen molar-refractivity contribution in [1.29, 1.82) is 0 Å². The first-order valence-electron chi connectivity index (χ1n) is 5.69. The van der Waals surface area contributed by atoms with E-state index in [1.54, 1.807) is 26.4 Å². The molecule has 0 saturated heterocycles. The maximum atomic E-state index is 11.4. The predicted molar refractivity (Wildman–Crippen MR) is 67.0 cm³/mol. The first-order chi connectivity index (χ1) is 8.06. The monoisotopic (exact) mass is 260 g/mol. The topological polar surface area (TPSA) is 78.1 Å². The van der Waals surface area contributed by atoms with Gasteiger partial charge in [0.2, 0.25) is 10.0 Å². The van der Waals surface area contributed by atoms with Gasteiger partial charge in [0.15, 0.2) is 0 Å². The highest BCUT2D eigenvalue weighted by atomic mass is 32.2. The number of aromatic amines is 1. The van der Waals surface area contributed by atoms with Gasteiger partial charge >= 0.3 is 0 Å². The van der Waals surface area contributed by atoms with Crippen LogP contribution < -0.4 is 5.32 Å². The number of rotatable bonds is 8. The summed E-state index contributed by atoms with van der Waals surface area (Å²) >= 11 is 0. The molecule has 17 heavy (non-hydrogen) atoms. The highest BCUT2D eigenvalue weighted by molar-refractivity contribution is 7.89. The first-order valence-corrected chi connectivity index (χ1v) is 7.30. The maximum absolute atomic E-state index is 11.4. The Morgan fingerprint density at radius 3 is 2.88 bits per heavy atom. The van der Waals surface area contributed by atoms with E-state index in [0.29, 0.717) is 13.1 Å². The van der Waals surface area contributed by atoms with E-state index in [1.807, 2.05) is 0 Å². The lowest BCUT2D eigenvalue weighted by Gasteiger charge is -2.15. The molecule has 0 spiro atoms. The minimum atomic E-state index is -3.04. The summed E-state index contributed by atoms with van der Waals surface area (Å²) in [4.78, 5) is 7.07. The first kappa shape index (κ1) is 14.1. The van der Waals surface area contributed by atoms with E-state index in [9.17, 15) is 8.42 Å². The number of nitrogens with zero attached hydrogens (tertiary/aromatic N) is 2. The maximum Gasteiger partial charge on any atom is 0.213 e. The van der Waals surface area contributed by atoms with Crippen molar-refractivity contribution in [2.75, 3.05) is 25.9 Å². The zero-order valence-corrected chi connectivity index (χ0v) is 11.1. The van der Waals surface area contributed by atoms with Gasteiger partial charge in [0.25, 0.3) is 0 Å². The molecule has 7 heteroatoms. The smallest absolute Gasteiger partial charge is 0.213 e. The van der Waals surface area contributed by atoms with Crippen LogP contribution in [0.5, 0.6) is 0 Å². The Morgan fingerprint density at radius 2 is 2.29 bits per heavy atom. The fraction of sp³-hybridized carbons (Fsp3) is 0.700. The molecule has 0 atom stereocenters. The van der Waals surface area contributed by atoms with Gasteiger partial charge < -0.3 is 10.3 Å². The van der Waals surface area contributed by atoms with E-state index >= 15 is 0 Å². The molecule has 1 heterocycles. The zero-order chi connectivity index (χ0) is 12.7. The van der Waals surface area contributed by atoms with Crippen LogP contribution in [0.1, 0.15) is 19.2 Å². The molecule has 0 aliphatic heterocycles. The highest BCUT2D eigenvalue weighted by Gasteiger charge is 2.13. The predicted octanol–water partition coefficient (Wildman–Crippen LogP) is 0.171. The van der Waals surface area contributed by atoms with Crippen LogP contribution in [0, 0.1) is 0 Å². The number of hydrogen-bond donors (Lipinski definition) is 2. The number of H-pyrrole nitrogens is 1. The summed E-state index contributed by atoms with van der Waals surface area (Å²) in [5.41, 5.74) is 0. The summed E-state index contributed by atoms with van der Waals surface area (Å²) in [5, 5.41) is 3.20. The largest absolute Gasteiger partial charge is 0.348 e. The SMILES string of the molecule is CCS(=O)(=O)N(C)CCCNCc1ncc[nH]1. The summed E-state index contributed by atoms with van der Waals surface area (Å²) in [6.45, 7) is 3.64. The molecule has 1 rings (SSSR count). The van der Waals surface area contributed by atoms with Crippen LogP contribution in [0.4, 0.5) is 0 Å². The van der Waals surface area contributed by atoms with Crippen molar-refractivity contribution in [3.63, 3.8) is 0 Å². The molecule has 0 aromatic carbocycles. The lowest BCUT2D eigenvalue weighted by molar-refractivity contribution is 0.454. The molecule has 0 saturated carbocycles. The molecule has 0 unspecified atom stereocenters. The van der Waals surface area contributed by atoms with Crippen molar-refractivity contribution in [3.05, 3.63) is 18.2 Å². The molecular formula is C10H20N4O2S. The molecule has 6 nitrogen and oxygen atoms in total. The van der Waals surface area contributed by atoms with E-state index in [-0.39, 0.29) is 5.75 Å². The molecule has 1 aromatic rings. The molecule has 0 aliphatic rings. The molecular weight excluding hydrogens is 240 g/mol. The number of aromatic nitrogens is 2. The average Bonchev–Trinajstić information content (AvgIpc) is 2.81. The van der Waals surface area contributed by atoms with Crippen LogP contribution in [0.2, 0.25) is 0 Å². The third kappa shape index (κ3) is 4.84. The van der Waals surface area contributed by atoms with Gasteiger partial charge in [-0.3, -0.25) is 0 Å². The molecule has 0 radical (unpaired) electrons. The Morgan fingerprint density at radius 1 is 1.53 bits per heavy atom. The van der Waals surface area contributed by atoms with Crippen LogP contribution in [0.15, 0.2) is 12.4 Å². The van der Waals surface area contributed by atoms with Crippen molar-refractivity contribution in [2.24, 2.45) is 0 Å². The molecule has 0 amide bonds. The summed E-state index contributed by atoms with van der Waals surface area (Å²) in [5.74, 6) is 1.04. The zero-order valence-electron chi connectivity index (χ0n) is 10.3. The van der Waals surface area contributed by atoms with E-state index < -0.39 is 10.0 Å². The minimum Gasteiger partial charge on any atom is -0.348 e. The van der Waals surface area contributed by atoms with Gasteiger partial charge in [0.1, 0.15) is 5.82 Å². The van der Waals surface area contributed by atoms with E-state index in [4.69, 9.17) is 0 Å². The molecule has 0 aliphatic carbocycles. The Bertz CT molecular complexity index is 402. The second-order valence-electron chi connectivity index (χ2n) is 3.79. The lowest BCUT2D eigenvalue weighted by Crippen LogP contribution is -2.31. The van der Waals surface area contributed by atoms with Crippen molar-refractivity contribution < 1.29 is 8.42 Å². The number of nitrogens with one attached hydrogen (secondary N) is 2. The second-order valence-corrected chi connectivity index (χ2v) is 6.15. The van der Waals surface area contributed by atoms with Crippen LogP contribution >= 0.6 is 0 Å². The Labute approximate surface area is 102 Å². The quantitative estimate of drug-likeness (QED) is 0.653. The normalized spacial score (nSPS) is 12.2. The Hall–Kier alpha value is -0.920. The van der Waals surface area contributed by atoms with E-state index in [1.165, 1.54) is 4.31 Å². The van der Waals surface area contributed by atoms with Crippen molar-refractivity contribution in [3.8, 4) is 0 Å². The van der Waals surface area contributed by atoms with Gasteiger partial charge in [0.05, 0.1) is 12.3 Å². The third-order valence-corrected chi connectivity index (χ3v) is 4.38. The fourth-order valence-corrected chi connectivity index (χ4v) is 2.24. The number of imidazole rings is 1. The van der Waals surface area contributed by atoms with Crippen LogP contribution in [-0.4, -0.2) is 48.6 Å². The van der Waals surface area contributed by atoms with Gasteiger partial charge in [-0.2, -0.15) is 0 Å². The van der Waals surface area contributed by atoms with E-state index in [0.717, 1.165) is 18.8 Å². The second kappa shape index (κ2) is 6.73. The Balaban J connectivity index is 2.12. The van der Waals surface area contributed by atoms with Crippen molar-refractivity contribution >= 4 is 10.0 Å². The minimum absolute atomic E-state index is 0.156. The molecule has 1 aromatic heterocycles. The summed E-state index contributed by atoms with van der Waals surface area (Å²) in [6, 6.07) is 0. The number of hydrogen-bond acceptors (Lipinski definition) is 4. The molecule has 0 fully saturated rings. The molecule has 98 valence electrons. The van der Waals surface area contributed by atoms with Gasteiger partial charge in [-0.25, -0.2) is 17.7 Å². The third-order valence-electron chi connectivity index (χ3n) is 2.51. The van der Waals surface area contributed by atoms with Crippen LogP contribution in [-0.2, 0) is 16.6 Å². The molecule has 2 N–H and O–H groups in total. The van der Waals surface area contributed by atoms with Crippen molar-refractivity contribution in [1.82, 2.24) is 19.6 Å². The van der Waals surface area contributed by atoms with Gasteiger partial charge in [-0.1, -0.05) is 0 Å². The van der Waals surface area contributed by atoms with Crippen molar-refractivity contribution in [2.45, 2.75) is 19.9 Å². The Kier molecular flexibility index (Phi) is 5.60. The highest BCUT2D eigenvalue weighted by Crippen LogP contribution is 1.98. The summed E-state index contributed by atoms with van der Waals surface area (Å²) in [6.07, 6.45) is 4.27. The van der Waals surface area contributed by atoms with E-state index in [2.05, 4.69) is 15.3 Å². The average molecular weight is 260 g/mol. The number of sulfonamides is 1.